The minimum Gasteiger partial charge on any atom is -0.399 e. The van der Waals surface area contributed by atoms with E-state index in [1.54, 1.807) is 6.20 Å². The zero-order valence-electron chi connectivity index (χ0n) is 16.2. The maximum atomic E-state index is 12.7. The Morgan fingerprint density at radius 1 is 1.28 bits per heavy atom. The average Bonchev–Trinajstić information content (AvgIpc) is 3.21. The number of hydrogen-bond donors (Lipinski definition) is 2. The monoisotopic (exact) mass is 419 g/mol. The highest BCUT2D eigenvalue weighted by Gasteiger charge is 2.27. The van der Waals surface area contributed by atoms with Crippen molar-refractivity contribution >= 4 is 28.7 Å². The number of nitrogen functional groups attached to an aromatic ring is 1. The molecule has 9 heteroatoms. The number of hydrogen-bond acceptors (Lipinski definition) is 7. The van der Waals surface area contributed by atoms with Crippen molar-refractivity contribution in [3.05, 3.63) is 45.8 Å². The molecule has 2 aromatic rings. The molecule has 2 saturated heterocycles. The predicted octanol–water partition coefficient (Wildman–Crippen LogP) is 2.84. The van der Waals surface area contributed by atoms with E-state index in [9.17, 15) is 4.79 Å². The Morgan fingerprint density at radius 2 is 2.10 bits per heavy atom. The van der Waals surface area contributed by atoms with Gasteiger partial charge in [0.25, 0.3) is 5.56 Å². The number of nitrogens with zero attached hydrogens (tertiary/aromatic N) is 3. The molecule has 2 atom stereocenters. The Labute approximate surface area is 174 Å². The number of rotatable bonds is 6. The molecule has 2 fully saturated rings. The van der Waals surface area contributed by atoms with E-state index in [1.807, 2.05) is 24.3 Å². The molecule has 2 aliphatic heterocycles. The molecule has 1 aromatic heterocycles. The molecule has 2 aliphatic rings. The van der Waals surface area contributed by atoms with Gasteiger partial charge in [-0.05, 0) is 49.9 Å². The molecule has 156 valence electrons. The van der Waals surface area contributed by atoms with Gasteiger partial charge in [-0.1, -0.05) is 11.6 Å². The quantitative estimate of drug-likeness (QED) is 0.549. The molecular formula is C20H26ClN5O3. The van der Waals surface area contributed by atoms with Crippen LogP contribution >= 0.6 is 11.6 Å². The Morgan fingerprint density at radius 3 is 2.86 bits per heavy atom. The lowest BCUT2D eigenvalue weighted by Crippen LogP contribution is -2.33. The van der Waals surface area contributed by atoms with E-state index in [2.05, 4.69) is 15.3 Å². The van der Waals surface area contributed by atoms with Gasteiger partial charge in [0.1, 0.15) is 11.8 Å². The van der Waals surface area contributed by atoms with Crippen LogP contribution in [0.5, 0.6) is 0 Å². The number of ether oxygens (including phenoxy) is 2. The van der Waals surface area contributed by atoms with E-state index >= 15 is 0 Å². The van der Waals surface area contributed by atoms with Gasteiger partial charge in [0.15, 0.2) is 6.23 Å². The number of aromatic nitrogens is 2. The maximum absolute atomic E-state index is 12.7. The summed E-state index contributed by atoms with van der Waals surface area (Å²) >= 11 is 6.41. The molecule has 3 N–H and O–H groups in total. The molecule has 0 aliphatic carbocycles. The third-order valence-electron chi connectivity index (χ3n) is 5.35. The lowest BCUT2D eigenvalue weighted by atomic mass is 10.2. The zero-order valence-corrected chi connectivity index (χ0v) is 17.0. The van der Waals surface area contributed by atoms with Crippen LogP contribution < -0.4 is 21.5 Å². The molecule has 29 heavy (non-hydrogen) atoms. The van der Waals surface area contributed by atoms with Crippen molar-refractivity contribution in [2.75, 3.05) is 42.4 Å². The summed E-state index contributed by atoms with van der Waals surface area (Å²) in [6.45, 7) is 2.47. The normalized spacial score (nSPS) is 22.0. The van der Waals surface area contributed by atoms with E-state index < -0.39 is 0 Å². The minimum absolute atomic E-state index is 0.0523. The summed E-state index contributed by atoms with van der Waals surface area (Å²) in [6, 6.07) is 7.51. The van der Waals surface area contributed by atoms with Crippen molar-refractivity contribution in [1.29, 1.82) is 0 Å². The van der Waals surface area contributed by atoms with E-state index in [0.29, 0.717) is 25.6 Å². The second-order valence-electron chi connectivity index (χ2n) is 7.38. The van der Waals surface area contributed by atoms with Gasteiger partial charge in [-0.25, -0.2) is 0 Å². The second kappa shape index (κ2) is 9.02. The van der Waals surface area contributed by atoms with Gasteiger partial charge < -0.3 is 25.4 Å². The maximum Gasteiger partial charge on any atom is 0.290 e. The van der Waals surface area contributed by atoms with Gasteiger partial charge in [-0.2, -0.15) is 9.78 Å². The highest BCUT2D eigenvalue weighted by atomic mass is 35.5. The Bertz CT molecular complexity index is 883. The first-order valence-electron chi connectivity index (χ1n) is 9.96. The fraction of sp³-hybridized carbons (Fsp3) is 0.500. The van der Waals surface area contributed by atoms with E-state index in [1.165, 1.54) is 4.68 Å². The number of anilines is 3. The van der Waals surface area contributed by atoms with Gasteiger partial charge in [0.05, 0.1) is 18.0 Å². The summed E-state index contributed by atoms with van der Waals surface area (Å²) in [5.74, 6) is 0. The number of halogens is 1. The third-order valence-corrected chi connectivity index (χ3v) is 5.70. The Balaban J connectivity index is 1.34. The predicted molar refractivity (Wildman–Crippen MR) is 113 cm³/mol. The van der Waals surface area contributed by atoms with Gasteiger partial charge in [-0.3, -0.25) is 4.79 Å². The molecule has 1 unspecified atom stereocenters. The van der Waals surface area contributed by atoms with Gasteiger partial charge >= 0.3 is 0 Å². The summed E-state index contributed by atoms with van der Waals surface area (Å²) < 4.78 is 13.0. The smallest absolute Gasteiger partial charge is 0.290 e. The van der Waals surface area contributed by atoms with Crippen LogP contribution in [0.4, 0.5) is 17.1 Å². The molecule has 4 rings (SSSR count). The summed E-state index contributed by atoms with van der Waals surface area (Å²) in [5, 5.41) is 7.74. The molecular weight excluding hydrogens is 394 g/mol. The molecule has 3 heterocycles. The molecule has 0 radical (unpaired) electrons. The Hall–Kier alpha value is -2.29. The molecule has 1 aromatic carbocycles. The van der Waals surface area contributed by atoms with Crippen molar-refractivity contribution in [2.24, 2.45) is 0 Å². The van der Waals surface area contributed by atoms with E-state index in [0.717, 1.165) is 43.6 Å². The van der Waals surface area contributed by atoms with Crippen molar-refractivity contribution in [3.8, 4) is 0 Å². The van der Waals surface area contributed by atoms with Gasteiger partial charge in [0.2, 0.25) is 0 Å². The van der Waals surface area contributed by atoms with E-state index in [4.69, 9.17) is 26.8 Å². The lowest BCUT2D eigenvalue weighted by Gasteiger charge is -2.25. The molecule has 0 amide bonds. The third kappa shape index (κ3) is 4.66. The van der Waals surface area contributed by atoms with Gasteiger partial charge in [-0.15, -0.1) is 0 Å². The standard InChI is InChI=1S/C20H26ClN5O3/c21-19-17(11-24-26(20(19)27)18-3-1-2-10-28-18)25-9-8-16(12-25)29-13-23-15-6-4-14(22)5-7-15/h4-7,11,16,18,23H,1-3,8-10,12-13,22H2/t16-,18?/m1/s1. The van der Waals surface area contributed by atoms with Crippen LogP contribution in [0, 0.1) is 0 Å². The lowest BCUT2D eigenvalue weighted by molar-refractivity contribution is -0.0424. The number of nitrogens with one attached hydrogen (secondary N) is 1. The van der Waals surface area contributed by atoms with Crippen LogP contribution in [-0.4, -0.2) is 42.3 Å². The average molecular weight is 420 g/mol. The van der Waals surface area contributed by atoms with Crippen molar-refractivity contribution in [2.45, 2.75) is 38.0 Å². The molecule has 8 nitrogen and oxygen atoms in total. The first-order valence-corrected chi connectivity index (χ1v) is 10.3. The van der Waals surface area contributed by atoms with Crippen LogP contribution in [0.2, 0.25) is 5.02 Å². The fourth-order valence-electron chi connectivity index (χ4n) is 3.71. The summed E-state index contributed by atoms with van der Waals surface area (Å²) in [4.78, 5) is 14.7. The highest BCUT2D eigenvalue weighted by Crippen LogP contribution is 2.28. The van der Waals surface area contributed by atoms with Crippen molar-refractivity contribution < 1.29 is 9.47 Å². The summed E-state index contributed by atoms with van der Waals surface area (Å²) in [7, 11) is 0. The topological polar surface area (TPSA) is 94.6 Å². The summed E-state index contributed by atoms with van der Waals surface area (Å²) in [5.41, 5.74) is 7.72. The fourth-order valence-corrected chi connectivity index (χ4v) is 3.96. The largest absolute Gasteiger partial charge is 0.399 e. The molecule has 0 spiro atoms. The van der Waals surface area contributed by atoms with Crippen LogP contribution in [0.15, 0.2) is 35.3 Å². The first kappa shape index (κ1) is 20.0. The van der Waals surface area contributed by atoms with Crippen LogP contribution in [0.1, 0.15) is 31.9 Å². The SMILES string of the molecule is Nc1ccc(NCO[C@@H]2CCN(c3cnn(C4CCCCO4)c(=O)c3Cl)C2)cc1. The van der Waals surface area contributed by atoms with Crippen LogP contribution in [-0.2, 0) is 9.47 Å². The van der Waals surface area contributed by atoms with Gasteiger partial charge in [0, 0.05) is 31.1 Å². The minimum atomic E-state index is -0.322. The molecule has 0 bridgehead atoms. The molecule has 0 saturated carbocycles. The highest BCUT2D eigenvalue weighted by molar-refractivity contribution is 6.33. The van der Waals surface area contributed by atoms with E-state index in [-0.39, 0.29) is 22.9 Å². The summed E-state index contributed by atoms with van der Waals surface area (Å²) in [6.07, 6.45) is 5.06. The Kier molecular flexibility index (Phi) is 6.22. The van der Waals surface area contributed by atoms with Crippen LogP contribution in [0.25, 0.3) is 0 Å². The first-order chi connectivity index (χ1) is 14.1. The second-order valence-corrected chi connectivity index (χ2v) is 7.76. The van der Waals surface area contributed by atoms with Crippen molar-refractivity contribution in [3.63, 3.8) is 0 Å². The number of nitrogens with two attached hydrogens (primary N) is 1. The van der Waals surface area contributed by atoms with Crippen LogP contribution in [0.3, 0.4) is 0 Å². The zero-order chi connectivity index (χ0) is 20.2. The van der Waals surface area contributed by atoms with Crippen molar-refractivity contribution in [1.82, 2.24) is 9.78 Å². The number of benzene rings is 1.